The van der Waals surface area contributed by atoms with E-state index in [9.17, 15) is 8.78 Å². The number of hydrogen-bond donors (Lipinski definition) is 0. The lowest BCUT2D eigenvalue weighted by molar-refractivity contribution is 0.190. The Bertz CT molecular complexity index is 686. The van der Waals surface area contributed by atoms with E-state index in [0.717, 1.165) is 49.5 Å². The van der Waals surface area contributed by atoms with Gasteiger partial charge in [-0.05, 0) is 86.8 Å². The van der Waals surface area contributed by atoms with E-state index in [1.54, 1.807) is 12.1 Å². The average molecular weight is 389 g/mol. The smallest absolute Gasteiger partial charge is 0.201 e. The molecule has 0 amide bonds. The fourth-order valence-electron chi connectivity index (χ4n) is 4.93. The number of halogens is 2. The Morgan fingerprint density at radius 3 is 2.50 bits per heavy atom. The van der Waals surface area contributed by atoms with Crippen LogP contribution in [-0.4, -0.2) is 6.61 Å². The van der Waals surface area contributed by atoms with Crippen molar-refractivity contribution >= 4 is 5.57 Å². The van der Waals surface area contributed by atoms with Crippen molar-refractivity contribution in [1.29, 1.82) is 0 Å². The minimum Gasteiger partial charge on any atom is -0.490 e. The molecule has 0 radical (unpaired) electrons. The lowest BCUT2D eigenvalue weighted by Gasteiger charge is -2.35. The highest BCUT2D eigenvalue weighted by Crippen LogP contribution is 2.42. The van der Waals surface area contributed by atoms with Crippen molar-refractivity contribution in [1.82, 2.24) is 0 Å². The largest absolute Gasteiger partial charge is 0.490 e. The van der Waals surface area contributed by atoms with Crippen molar-refractivity contribution < 1.29 is 13.5 Å². The molecule has 1 saturated carbocycles. The Balaban J connectivity index is 1.58. The van der Waals surface area contributed by atoms with Gasteiger partial charge in [0, 0.05) is 5.56 Å². The monoisotopic (exact) mass is 388 g/mol. The molecule has 1 atom stereocenters. The van der Waals surface area contributed by atoms with E-state index in [1.165, 1.54) is 32.1 Å². The Hall–Kier alpha value is -1.64. The zero-order valence-corrected chi connectivity index (χ0v) is 17.2. The number of allylic oxidation sites excluding steroid dienone is 3. The molecule has 0 aliphatic heterocycles. The maximum atomic E-state index is 14.6. The van der Waals surface area contributed by atoms with Crippen molar-refractivity contribution in [3.05, 3.63) is 48.1 Å². The molecule has 28 heavy (non-hydrogen) atoms. The Morgan fingerprint density at radius 1 is 1.07 bits per heavy atom. The first-order chi connectivity index (χ1) is 13.6. The van der Waals surface area contributed by atoms with Crippen LogP contribution in [0.1, 0.15) is 76.7 Å². The van der Waals surface area contributed by atoms with Crippen LogP contribution in [0.3, 0.4) is 0 Å². The fraction of sp³-hybridized carbons (Fsp3) is 0.600. The van der Waals surface area contributed by atoms with Crippen molar-refractivity contribution in [2.75, 3.05) is 6.61 Å². The number of rotatable bonds is 8. The summed E-state index contributed by atoms with van der Waals surface area (Å²) in [6, 6.07) is 3.25. The predicted octanol–water partition coefficient (Wildman–Crippen LogP) is 7.71. The number of ether oxygens (including phenoxy) is 1. The molecule has 2 aliphatic rings. The van der Waals surface area contributed by atoms with Gasteiger partial charge in [-0.25, -0.2) is 4.39 Å². The van der Waals surface area contributed by atoms with Crippen LogP contribution >= 0.6 is 0 Å². The molecule has 1 aromatic rings. The average Bonchev–Trinajstić information content (AvgIpc) is 2.74. The van der Waals surface area contributed by atoms with Crippen LogP contribution in [0.2, 0.25) is 0 Å². The summed E-state index contributed by atoms with van der Waals surface area (Å²) in [5, 5.41) is 0. The summed E-state index contributed by atoms with van der Waals surface area (Å²) in [5.74, 6) is 0.765. The number of benzene rings is 1. The highest BCUT2D eigenvalue weighted by atomic mass is 19.2. The Kier molecular flexibility index (Phi) is 7.70. The molecule has 0 N–H and O–H groups in total. The van der Waals surface area contributed by atoms with Gasteiger partial charge in [0.15, 0.2) is 11.6 Å². The summed E-state index contributed by atoms with van der Waals surface area (Å²) >= 11 is 0. The molecule has 0 spiro atoms. The van der Waals surface area contributed by atoms with Gasteiger partial charge in [-0.1, -0.05) is 31.9 Å². The molecular formula is C25H34F2O. The first-order valence-corrected chi connectivity index (χ1v) is 11.0. The molecule has 1 unspecified atom stereocenters. The molecule has 1 fully saturated rings. The normalized spacial score (nSPS) is 25.2. The van der Waals surface area contributed by atoms with Crippen LogP contribution in [0.5, 0.6) is 5.75 Å². The highest BCUT2D eigenvalue weighted by molar-refractivity contribution is 5.67. The van der Waals surface area contributed by atoms with Crippen molar-refractivity contribution in [3.63, 3.8) is 0 Å². The molecule has 3 heteroatoms. The molecule has 1 aromatic carbocycles. The number of hydrogen-bond acceptors (Lipinski definition) is 1. The summed E-state index contributed by atoms with van der Waals surface area (Å²) in [7, 11) is 0. The van der Waals surface area contributed by atoms with Gasteiger partial charge in [0.05, 0.1) is 6.61 Å². The van der Waals surface area contributed by atoms with Crippen LogP contribution in [0.25, 0.3) is 5.57 Å². The van der Waals surface area contributed by atoms with Crippen LogP contribution in [0.4, 0.5) is 8.78 Å². The molecule has 1 nitrogen and oxygen atoms in total. The molecule has 0 heterocycles. The summed E-state index contributed by atoms with van der Waals surface area (Å²) in [6.07, 6.45) is 15.6. The standard InChI is InChI=1S/C25H34F2O/c1-3-5-6-18-7-9-19(10-8-18)20-11-13-21(14-12-20)22-15-16-23(28-17-4-2)25(27)24(22)26/h3,13,15-16,18-20H,1,4-12,14,17H2,2H3. The van der Waals surface area contributed by atoms with Crippen molar-refractivity contribution in [2.45, 2.75) is 71.1 Å². The minimum absolute atomic E-state index is 0.0191. The van der Waals surface area contributed by atoms with E-state index in [-0.39, 0.29) is 5.75 Å². The Labute approximate surface area is 168 Å². The predicted molar refractivity (Wildman–Crippen MR) is 112 cm³/mol. The van der Waals surface area contributed by atoms with Gasteiger partial charge in [-0.15, -0.1) is 6.58 Å². The lowest BCUT2D eigenvalue weighted by atomic mass is 9.70. The van der Waals surface area contributed by atoms with E-state index < -0.39 is 11.6 Å². The maximum absolute atomic E-state index is 14.6. The van der Waals surface area contributed by atoms with Crippen molar-refractivity contribution in [2.24, 2.45) is 17.8 Å². The quantitative estimate of drug-likeness (QED) is 0.414. The fourth-order valence-corrected chi connectivity index (χ4v) is 4.93. The van der Waals surface area contributed by atoms with Crippen LogP contribution in [0, 0.1) is 29.4 Å². The minimum atomic E-state index is -0.855. The highest BCUT2D eigenvalue weighted by Gasteiger charge is 2.29. The van der Waals surface area contributed by atoms with E-state index in [0.29, 0.717) is 18.1 Å². The molecule has 154 valence electrons. The summed E-state index contributed by atoms with van der Waals surface area (Å²) in [5.41, 5.74) is 1.36. The SMILES string of the molecule is C=CCCC1CCC(C2CC=C(c3ccc(OCCC)c(F)c3F)CC2)CC1. The third-order valence-electron chi connectivity index (χ3n) is 6.64. The van der Waals surface area contributed by atoms with Gasteiger partial charge in [0.25, 0.3) is 0 Å². The second kappa shape index (κ2) is 10.2. The van der Waals surface area contributed by atoms with Crippen LogP contribution < -0.4 is 4.74 Å². The molecule has 0 aromatic heterocycles. The Morgan fingerprint density at radius 2 is 1.86 bits per heavy atom. The molecule has 0 saturated heterocycles. The van der Waals surface area contributed by atoms with Gasteiger partial charge in [-0.2, -0.15) is 4.39 Å². The van der Waals surface area contributed by atoms with Crippen molar-refractivity contribution in [3.8, 4) is 5.75 Å². The van der Waals surface area contributed by atoms with Crippen LogP contribution in [-0.2, 0) is 0 Å². The zero-order chi connectivity index (χ0) is 19.9. The summed E-state index contributed by atoms with van der Waals surface area (Å²) in [6.45, 7) is 6.17. The molecule has 0 bridgehead atoms. The second-order valence-electron chi connectivity index (χ2n) is 8.50. The van der Waals surface area contributed by atoms with E-state index in [1.807, 2.05) is 13.0 Å². The third kappa shape index (κ3) is 5.04. The zero-order valence-electron chi connectivity index (χ0n) is 17.2. The molecule has 3 rings (SSSR count). The van der Waals surface area contributed by atoms with E-state index in [2.05, 4.69) is 12.7 Å². The topological polar surface area (TPSA) is 9.23 Å². The molecular weight excluding hydrogens is 354 g/mol. The van der Waals surface area contributed by atoms with Gasteiger partial charge < -0.3 is 4.74 Å². The van der Waals surface area contributed by atoms with Crippen LogP contribution in [0.15, 0.2) is 30.9 Å². The van der Waals surface area contributed by atoms with Gasteiger partial charge in [0.1, 0.15) is 0 Å². The van der Waals surface area contributed by atoms with Gasteiger partial charge in [-0.3, -0.25) is 0 Å². The van der Waals surface area contributed by atoms with E-state index >= 15 is 0 Å². The lowest BCUT2D eigenvalue weighted by Crippen LogP contribution is -2.23. The third-order valence-corrected chi connectivity index (χ3v) is 6.64. The van der Waals surface area contributed by atoms with E-state index in [4.69, 9.17) is 4.74 Å². The summed E-state index contributed by atoms with van der Waals surface area (Å²) in [4.78, 5) is 0. The second-order valence-corrected chi connectivity index (χ2v) is 8.50. The van der Waals surface area contributed by atoms with Gasteiger partial charge >= 0.3 is 0 Å². The molecule has 2 aliphatic carbocycles. The van der Waals surface area contributed by atoms with Gasteiger partial charge in [0.2, 0.25) is 5.82 Å². The first kappa shape index (κ1) is 21.1. The summed E-state index contributed by atoms with van der Waals surface area (Å²) < 4.78 is 34.2. The first-order valence-electron chi connectivity index (χ1n) is 11.0. The maximum Gasteiger partial charge on any atom is 0.201 e.